The average molecular weight is 387 g/mol. The molecule has 1 saturated carbocycles. The van der Waals surface area contributed by atoms with Gasteiger partial charge < -0.3 is 19.9 Å². The molecule has 2 aromatic rings. The number of aromatic carboxylic acids is 1. The van der Waals surface area contributed by atoms with Crippen molar-refractivity contribution in [3.63, 3.8) is 0 Å². The lowest BCUT2D eigenvalue weighted by Gasteiger charge is -2.27. The number of pyridine rings is 1. The van der Waals surface area contributed by atoms with Crippen molar-refractivity contribution in [3.05, 3.63) is 39.9 Å². The Morgan fingerprint density at radius 1 is 1.32 bits per heavy atom. The van der Waals surface area contributed by atoms with Gasteiger partial charge in [-0.3, -0.25) is 9.59 Å². The van der Waals surface area contributed by atoms with E-state index >= 15 is 0 Å². The molecule has 1 saturated heterocycles. The molecule has 1 atom stereocenters. The third-order valence-corrected chi connectivity index (χ3v) is 5.56. The number of halogens is 1. The maximum Gasteiger partial charge on any atom is 0.341 e. The number of rotatable bonds is 4. The SMILES string of the molecule is CC(=O)NC1(C)CCN(c2cc3c(cc2F)c(=O)c(C(=O)O)cn3C2CC2)C1. The summed E-state index contributed by atoms with van der Waals surface area (Å²) in [5.74, 6) is -2.01. The lowest BCUT2D eigenvalue weighted by Crippen LogP contribution is -2.47. The second-order valence-electron chi connectivity index (χ2n) is 8.05. The second kappa shape index (κ2) is 6.32. The summed E-state index contributed by atoms with van der Waals surface area (Å²) in [7, 11) is 0. The molecule has 2 heterocycles. The molecule has 0 bridgehead atoms. The first-order chi connectivity index (χ1) is 13.2. The van der Waals surface area contributed by atoms with Gasteiger partial charge in [-0.1, -0.05) is 0 Å². The number of hydrogen-bond acceptors (Lipinski definition) is 4. The van der Waals surface area contributed by atoms with Gasteiger partial charge in [0.15, 0.2) is 0 Å². The van der Waals surface area contributed by atoms with Crippen LogP contribution >= 0.6 is 0 Å². The van der Waals surface area contributed by atoms with E-state index in [-0.39, 0.29) is 22.9 Å². The lowest BCUT2D eigenvalue weighted by molar-refractivity contribution is -0.120. The van der Waals surface area contributed by atoms with Crippen LogP contribution in [-0.2, 0) is 4.79 Å². The van der Waals surface area contributed by atoms with E-state index < -0.39 is 22.8 Å². The average Bonchev–Trinajstić information content (AvgIpc) is 3.37. The molecule has 0 radical (unpaired) electrons. The van der Waals surface area contributed by atoms with Gasteiger partial charge in [-0.25, -0.2) is 9.18 Å². The number of benzene rings is 1. The number of carbonyl (C=O) groups excluding carboxylic acids is 1. The number of carboxylic acids is 1. The molecule has 148 valence electrons. The number of amides is 1. The van der Waals surface area contributed by atoms with Crippen LogP contribution in [0.4, 0.5) is 10.1 Å². The van der Waals surface area contributed by atoms with E-state index in [2.05, 4.69) is 5.32 Å². The van der Waals surface area contributed by atoms with Crippen molar-refractivity contribution in [3.8, 4) is 0 Å². The summed E-state index contributed by atoms with van der Waals surface area (Å²) < 4.78 is 16.7. The normalized spacial score (nSPS) is 21.9. The fourth-order valence-corrected chi connectivity index (χ4v) is 4.10. The Bertz CT molecular complexity index is 1060. The van der Waals surface area contributed by atoms with E-state index in [0.29, 0.717) is 30.7 Å². The predicted octanol–water partition coefficient (Wildman–Crippen LogP) is 2.28. The number of carboxylic acid groups (broad SMARTS) is 1. The van der Waals surface area contributed by atoms with Crippen LogP contribution in [0.3, 0.4) is 0 Å². The first kappa shape index (κ1) is 18.5. The maximum atomic E-state index is 14.9. The van der Waals surface area contributed by atoms with Crippen molar-refractivity contribution in [1.82, 2.24) is 9.88 Å². The Hall–Kier alpha value is -2.90. The van der Waals surface area contributed by atoms with Crippen LogP contribution in [0.2, 0.25) is 0 Å². The highest BCUT2D eigenvalue weighted by Crippen LogP contribution is 2.38. The molecular weight excluding hydrogens is 365 g/mol. The van der Waals surface area contributed by atoms with Crippen molar-refractivity contribution >= 4 is 28.5 Å². The Morgan fingerprint density at radius 3 is 2.64 bits per heavy atom. The number of carbonyl (C=O) groups is 2. The minimum atomic E-state index is -1.31. The smallest absolute Gasteiger partial charge is 0.341 e. The van der Waals surface area contributed by atoms with Gasteiger partial charge in [-0.15, -0.1) is 0 Å². The molecule has 1 aliphatic heterocycles. The topological polar surface area (TPSA) is 91.6 Å². The summed E-state index contributed by atoms with van der Waals surface area (Å²) in [6.07, 6.45) is 3.84. The number of anilines is 1. The van der Waals surface area contributed by atoms with Gasteiger partial charge >= 0.3 is 5.97 Å². The predicted molar refractivity (Wildman–Crippen MR) is 102 cm³/mol. The summed E-state index contributed by atoms with van der Waals surface area (Å²) in [6.45, 7) is 4.40. The van der Waals surface area contributed by atoms with E-state index in [1.54, 1.807) is 10.6 Å². The number of nitrogens with zero attached hydrogens (tertiary/aromatic N) is 2. The van der Waals surface area contributed by atoms with Gasteiger partial charge in [0.25, 0.3) is 0 Å². The highest BCUT2D eigenvalue weighted by molar-refractivity contribution is 5.93. The largest absolute Gasteiger partial charge is 0.477 e. The van der Waals surface area contributed by atoms with Gasteiger partial charge in [-0.2, -0.15) is 0 Å². The first-order valence-electron chi connectivity index (χ1n) is 9.34. The molecule has 28 heavy (non-hydrogen) atoms. The molecule has 1 unspecified atom stereocenters. The molecule has 8 heteroatoms. The summed E-state index contributed by atoms with van der Waals surface area (Å²) in [5.41, 5.74) is -0.558. The van der Waals surface area contributed by atoms with Crippen molar-refractivity contribution in [2.75, 3.05) is 18.0 Å². The molecule has 7 nitrogen and oxygen atoms in total. The molecule has 4 rings (SSSR count). The van der Waals surface area contributed by atoms with Crippen molar-refractivity contribution < 1.29 is 19.1 Å². The van der Waals surface area contributed by atoms with Gasteiger partial charge in [0.2, 0.25) is 11.3 Å². The molecule has 2 N–H and O–H groups in total. The highest BCUT2D eigenvalue weighted by Gasteiger charge is 2.36. The Kier molecular flexibility index (Phi) is 4.17. The zero-order chi connectivity index (χ0) is 20.2. The summed E-state index contributed by atoms with van der Waals surface area (Å²) >= 11 is 0. The van der Waals surface area contributed by atoms with Gasteiger partial charge in [0, 0.05) is 37.6 Å². The van der Waals surface area contributed by atoms with E-state index in [1.807, 2.05) is 11.8 Å². The van der Waals surface area contributed by atoms with E-state index in [0.717, 1.165) is 18.9 Å². The Morgan fingerprint density at radius 2 is 2.04 bits per heavy atom. The highest BCUT2D eigenvalue weighted by atomic mass is 19.1. The van der Waals surface area contributed by atoms with Crippen LogP contribution in [0.5, 0.6) is 0 Å². The fourth-order valence-electron chi connectivity index (χ4n) is 4.10. The molecule has 2 fully saturated rings. The minimum absolute atomic E-state index is 0.0804. The first-order valence-corrected chi connectivity index (χ1v) is 9.34. The van der Waals surface area contributed by atoms with Crippen LogP contribution in [0.1, 0.15) is 49.5 Å². The minimum Gasteiger partial charge on any atom is -0.477 e. The van der Waals surface area contributed by atoms with Crippen LogP contribution in [0.15, 0.2) is 23.1 Å². The quantitative estimate of drug-likeness (QED) is 0.840. The standard InChI is InChI=1S/C20H22FN3O4/c1-11(25)22-20(2)5-6-23(10-20)17-8-16-13(7-15(17)21)18(26)14(19(27)28)9-24(16)12-3-4-12/h7-9,12H,3-6,10H2,1-2H3,(H,22,25)(H,27,28). The van der Waals surface area contributed by atoms with Gasteiger partial charge in [0.05, 0.1) is 16.7 Å². The molecule has 1 amide bonds. The third kappa shape index (κ3) is 3.12. The van der Waals surface area contributed by atoms with Crippen LogP contribution in [0.25, 0.3) is 10.9 Å². The number of nitrogens with one attached hydrogen (secondary N) is 1. The number of aromatic nitrogens is 1. The second-order valence-corrected chi connectivity index (χ2v) is 8.05. The molecule has 2 aliphatic rings. The molecular formula is C20H22FN3O4. The summed E-state index contributed by atoms with van der Waals surface area (Å²) in [6, 6.07) is 2.91. The zero-order valence-corrected chi connectivity index (χ0v) is 15.8. The van der Waals surface area contributed by atoms with Gasteiger partial charge in [0.1, 0.15) is 11.4 Å². The van der Waals surface area contributed by atoms with Crippen LogP contribution in [-0.4, -0.2) is 40.2 Å². The molecule has 1 aromatic carbocycles. The van der Waals surface area contributed by atoms with Crippen LogP contribution in [0, 0.1) is 5.82 Å². The van der Waals surface area contributed by atoms with Crippen molar-refractivity contribution in [2.45, 2.75) is 44.7 Å². The Balaban J connectivity index is 1.82. The molecule has 0 spiro atoms. The van der Waals surface area contributed by atoms with E-state index in [9.17, 15) is 23.9 Å². The van der Waals surface area contributed by atoms with E-state index in [1.165, 1.54) is 13.1 Å². The molecule has 1 aliphatic carbocycles. The zero-order valence-electron chi connectivity index (χ0n) is 15.8. The van der Waals surface area contributed by atoms with Gasteiger partial charge in [-0.05, 0) is 38.3 Å². The third-order valence-electron chi connectivity index (χ3n) is 5.56. The summed E-state index contributed by atoms with van der Waals surface area (Å²) in [5, 5.41) is 12.3. The fraction of sp³-hybridized carbons (Fsp3) is 0.450. The number of fused-ring (bicyclic) bond motifs is 1. The monoisotopic (exact) mass is 387 g/mol. The number of hydrogen-bond donors (Lipinski definition) is 2. The van der Waals surface area contributed by atoms with Crippen LogP contribution < -0.4 is 15.6 Å². The molecule has 1 aromatic heterocycles. The summed E-state index contributed by atoms with van der Waals surface area (Å²) in [4.78, 5) is 37.3. The Labute approximate surface area is 160 Å². The van der Waals surface area contributed by atoms with Crippen molar-refractivity contribution in [2.24, 2.45) is 0 Å². The van der Waals surface area contributed by atoms with E-state index in [4.69, 9.17) is 0 Å². The maximum absolute atomic E-state index is 14.9. The van der Waals surface area contributed by atoms with Crippen molar-refractivity contribution in [1.29, 1.82) is 0 Å². The lowest BCUT2D eigenvalue weighted by atomic mass is 10.0.